The fourth-order valence-electron chi connectivity index (χ4n) is 6.41. The number of aryl methyl sites for hydroxylation is 1. The van der Waals surface area contributed by atoms with Gasteiger partial charge in [0.2, 0.25) is 0 Å². The second-order valence-electron chi connectivity index (χ2n) is 10.4. The minimum Gasteiger partial charge on any atom is -0.507 e. The van der Waals surface area contributed by atoms with Crippen LogP contribution in [0.3, 0.4) is 0 Å². The van der Waals surface area contributed by atoms with Crippen LogP contribution in [-0.2, 0) is 9.53 Å². The summed E-state index contributed by atoms with van der Waals surface area (Å²) in [5, 5.41) is 33.3. The molecular formula is C24H30O7. The monoisotopic (exact) mass is 430 g/mol. The number of carbonyl (C=O) groups is 2. The van der Waals surface area contributed by atoms with Crippen LogP contribution in [0.5, 0.6) is 11.5 Å². The van der Waals surface area contributed by atoms with Crippen LogP contribution in [0.1, 0.15) is 56.0 Å². The van der Waals surface area contributed by atoms with Gasteiger partial charge in [0, 0.05) is 23.0 Å². The maximum atomic E-state index is 12.9. The number of benzene rings is 1. The zero-order chi connectivity index (χ0) is 23.0. The number of ether oxygens (including phenoxy) is 2. The largest absolute Gasteiger partial charge is 0.507 e. The van der Waals surface area contributed by atoms with Gasteiger partial charge in [0.05, 0.1) is 12.7 Å². The number of phenolic OH excluding ortho intramolecular Hbond substituents is 1. The quantitative estimate of drug-likeness (QED) is 0.497. The molecule has 0 aromatic heterocycles. The molecule has 0 bridgehead atoms. The van der Waals surface area contributed by atoms with E-state index in [0.717, 1.165) is 0 Å². The Balaban J connectivity index is 1.67. The van der Waals surface area contributed by atoms with Crippen LogP contribution in [0.15, 0.2) is 23.8 Å². The van der Waals surface area contributed by atoms with Crippen LogP contribution in [0.25, 0.3) is 0 Å². The molecule has 1 aromatic carbocycles. The Morgan fingerprint density at radius 2 is 1.87 bits per heavy atom. The van der Waals surface area contributed by atoms with Gasteiger partial charge in [-0.3, -0.25) is 4.79 Å². The summed E-state index contributed by atoms with van der Waals surface area (Å²) in [6, 6.07) is 2.93. The molecule has 7 heteroatoms. The highest BCUT2D eigenvalue weighted by molar-refractivity contribution is 5.94. The molecule has 7 nitrogen and oxygen atoms in total. The average molecular weight is 430 g/mol. The lowest BCUT2D eigenvalue weighted by Gasteiger charge is -2.65. The van der Waals surface area contributed by atoms with E-state index in [1.54, 1.807) is 13.0 Å². The number of aliphatic hydroxyl groups is 2. The van der Waals surface area contributed by atoms with Crippen LogP contribution >= 0.6 is 0 Å². The van der Waals surface area contributed by atoms with E-state index in [-0.39, 0.29) is 28.2 Å². The zero-order valence-electron chi connectivity index (χ0n) is 18.6. The molecule has 3 aliphatic carbocycles. The molecular weight excluding hydrogens is 400 g/mol. The smallest absolute Gasteiger partial charge is 0.342 e. The van der Waals surface area contributed by atoms with Gasteiger partial charge in [0.25, 0.3) is 0 Å². The molecule has 0 radical (unpaired) electrons. The second kappa shape index (κ2) is 6.56. The van der Waals surface area contributed by atoms with Crippen molar-refractivity contribution >= 4 is 12.3 Å². The van der Waals surface area contributed by atoms with Crippen LogP contribution in [0.4, 0.5) is 0 Å². The van der Waals surface area contributed by atoms with Crippen molar-refractivity contribution in [1.82, 2.24) is 0 Å². The van der Waals surface area contributed by atoms with Crippen molar-refractivity contribution in [3.8, 4) is 11.5 Å². The van der Waals surface area contributed by atoms with E-state index >= 15 is 0 Å². The average Bonchev–Trinajstić information content (AvgIpc) is 2.93. The van der Waals surface area contributed by atoms with E-state index in [2.05, 4.69) is 13.8 Å². The maximum Gasteiger partial charge on any atom is 0.342 e. The maximum absolute atomic E-state index is 12.9. The van der Waals surface area contributed by atoms with Gasteiger partial charge in [-0.25, -0.2) is 4.79 Å². The van der Waals surface area contributed by atoms with Crippen molar-refractivity contribution in [1.29, 1.82) is 0 Å². The first kappa shape index (κ1) is 21.8. The Bertz CT molecular complexity index is 973. The molecule has 2 fully saturated rings. The standard InChI is InChI=1S/C24H30O7/c1-13-6-15(30-5)7-16(26)19(13)20(27)31-18-10-22(4)17-9-21(2,3)12-23(17,28)8-14(11-25)24(18,22)29/h6-8,11,17-18,26,28-29H,9-10,12H2,1-5H3/t17-,18+,22-,23-,24-/m0/s1. The van der Waals surface area contributed by atoms with Crippen LogP contribution in [0.2, 0.25) is 0 Å². The van der Waals surface area contributed by atoms with Crippen molar-refractivity contribution in [2.24, 2.45) is 16.7 Å². The molecule has 0 spiro atoms. The molecule has 0 amide bonds. The summed E-state index contributed by atoms with van der Waals surface area (Å²) >= 11 is 0. The molecule has 0 aliphatic heterocycles. The Hall–Kier alpha value is -2.38. The van der Waals surface area contributed by atoms with E-state index in [0.29, 0.717) is 36.9 Å². The Morgan fingerprint density at radius 1 is 1.19 bits per heavy atom. The van der Waals surface area contributed by atoms with Crippen molar-refractivity contribution < 1.29 is 34.4 Å². The molecule has 3 N–H and O–H groups in total. The van der Waals surface area contributed by atoms with Crippen LogP contribution in [-0.4, -0.2) is 52.0 Å². The van der Waals surface area contributed by atoms with Crippen molar-refractivity contribution in [3.63, 3.8) is 0 Å². The number of hydrogen-bond acceptors (Lipinski definition) is 7. The Morgan fingerprint density at radius 3 is 2.45 bits per heavy atom. The normalized spacial score (nSPS) is 37.7. The number of aromatic hydroxyl groups is 1. The van der Waals surface area contributed by atoms with Gasteiger partial charge in [-0.1, -0.05) is 20.8 Å². The van der Waals surface area contributed by atoms with E-state index < -0.39 is 28.7 Å². The van der Waals surface area contributed by atoms with Gasteiger partial charge in [-0.15, -0.1) is 0 Å². The van der Waals surface area contributed by atoms with Crippen molar-refractivity contribution in [3.05, 3.63) is 34.9 Å². The first-order valence-electron chi connectivity index (χ1n) is 10.5. The second-order valence-corrected chi connectivity index (χ2v) is 10.4. The van der Waals surface area contributed by atoms with Gasteiger partial charge < -0.3 is 24.8 Å². The summed E-state index contributed by atoms with van der Waals surface area (Å²) in [6.45, 7) is 7.62. The molecule has 168 valence electrons. The molecule has 3 aliphatic rings. The summed E-state index contributed by atoms with van der Waals surface area (Å²) < 4.78 is 10.7. The van der Waals surface area contributed by atoms with Crippen LogP contribution < -0.4 is 4.74 Å². The summed E-state index contributed by atoms with van der Waals surface area (Å²) in [7, 11) is 1.46. The fourth-order valence-corrected chi connectivity index (χ4v) is 6.41. The molecule has 0 saturated heterocycles. The van der Waals surface area contributed by atoms with Crippen molar-refractivity contribution in [2.45, 2.75) is 64.3 Å². The van der Waals surface area contributed by atoms with E-state index in [4.69, 9.17) is 9.47 Å². The fraction of sp³-hybridized carbons (Fsp3) is 0.583. The van der Waals surface area contributed by atoms with Gasteiger partial charge in [-0.2, -0.15) is 0 Å². The lowest BCUT2D eigenvalue weighted by molar-refractivity contribution is -0.261. The van der Waals surface area contributed by atoms with Gasteiger partial charge in [0.15, 0.2) is 0 Å². The number of rotatable bonds is 4. The summed E-state index contributed by atoms with van der Waals surface area (Å²) in [4.78, 5) is 24.8. The predicted molar refractivity (Wildman–Crippen MR) is 112 cm³/mol. The molecule has 0 heterocycles. The summed E-state index contributed by atoms with van der Waals surface area (Å²) in [5.74, 6) is -0.925. The number of esters is 1. The third kappa shape index (κ3) is 2.86. The highest BCUT2D eigenvalue weighted by Crippen LogP contribution is 2.69. The molecule has 4 rings (SSSR count). The lowest BCUT2D eigenvalue weighted by Crippen LogP contribution is -2.75. The first-order chi connectivity index (χ1) is 14.3. The summed E-state index contributed by atoms with van der Waals surface area (Å²) in [5.41, 5.74) is -3.33. The molecule has 31 heavy (non-hydrogen) atoms. The topological polar surface area (TPSA) is 113 Å². The molecule has 5 atom stereocenters. The van der Waals surface area contributed by atoms with E-state index in [1.165, 1.54) is 19.3 Å². The minimum absolute atomic E-state index is 0.0102. The zero-order valence-corrected chi connectivity index (χ0v) is 18.6. The van der Waals surface area contributed by atoms with E-state index in [9.17, 15) is 24.9 Å². The Labute approximate surface area is 181 Å². The number of aldehydes is 1. The van der Waals surface area contributed by atoms with Gasteiger partial charge in [0.1, 0.15) is 35.1 Å². The predicted octanol–water partition coefficient (Wildman–Crippen LogP) is 2.68. The van der Waals surface area contributed by atoms with Crippen molar-refractivity contribution in [2.75, 3.05) is 7.11 Å². The minimum atomic E-state index is -1.70. The number of fused-ring (bicyclic) bond motifs is 3. The lowest BCUT2D eigenvalue weighted by atomic mass is 9.43. The number of phenols is 1. The number of methoxy groups -OCH3 is 1. The van der Waals surface area contributed by atoms with E-state index in [1.807, 2.05) is 6.92 Å². The Kier molecular flexibility index (Phi) is 4.62. The SMILES string of the molecule is COc1cc(C)c(C(=O)O[C@@H]2C[C@@]3(C)[C@@H]4CC(C)(C)C[C@@]4(O)C=C(C=O)[C@]23O)c(O)c1. The van der Waals surface area contributed by atoms with Crippen LogP contribution in [0, 0.1) is 23.7 Å². The third-order valence-electron chi connectivity index (χ3n) is 7.79. The first-order valence-corrected chi connectivity index (χ1v) is 10.5. The summed E-state index contributed by atoms with van der Waals surface area (Å²) in [6.07, 6.45) is 2.54. The molecule has 1 aromatic rings. The number of hydrogen-bond donors (Lipinski definition) is 3. The highest BCUT2D eigenvalue weighted by Gasteiger charge is 2.75. The van der Waals surface area contributed by atoms with Gasteiger partial charge in [-0.05, 0) is 49.3 Å². The number of carbonyl (C=O) groups excluding carboxylic acids is 2. The third-order valence-corrected chi connectivity index (χ3v) is 7.79. The molecule has 2 saturated carbocycles. The highest BCUT2D eigenvalue weighted by atomic mass is 16.6. The van der Waals surface area contributed by atoms with Gasteiger partial charge >= 0.3 is 5.97 Å². The molecule has 0 unspecified atom stereocenters.